The van der Waals surface area contributed by atoms with Crippen LogP contribution in [0.3, 0.4) is 0 Å². The Morgan fingerprint density at radius 3 is 2.48 bits per heavy atom. The van der Waals surface area contributed by atoms with Crippen LogP contribution < -0.4 is 5.32 Å². The van der Waals surface area contributed by atoms with Crippen LogP contribution in [0, 0.1) is 6.92 Å². The van der Waals surface area contributed by atoms with Crippen molar-refractivity contribution in [2.24, 2.45) is 7.05 Å². The fraction of sp³-hybridized carbons (Fsp3) is 0.111. The lowest BCUT2D eigenvalue weighted by atomic mass is 10.0. The van der Waals surface area contributed by atoms with Gasteiger partial charge in [0.2, 0.25) is 0 Å². The summed E-state index contributed by atoms with van der Waals surface area (Å²) in [7, 11) is 1.81. The van der Waals surface area contributed by atoms with Crippen LogP contribution in [0.2, 0.25) is 0 Å². The van der Waals surface area contributed by atoms with Crippen LogP contribution in [-0.2, 0) is 7.05 Å². The van der Waals surface area contributed by atoms with E-state index in [2.05, 4.69) is 26.3 Å². The Kier molecular flexibility index (Phi) is 4.30. The molecule has 4 nitrogen and oxygen atoms in total. The lowest BCUT2D eigenvalue weighted by Crippen LogP contribution is -2.13. The summed E-state index contributed by atoms with van der Waals surface area (Å²) in [5, 5.41) is 7.20. The maximum atomic E-state index is 12.5. The Labute approximate surface area is 143 Å². The third-order valence-corrected chi connectivity index (χ3v) is 4.12. The number of nitrogens with zero attached hydrogens (tertiary/aromatic N) is 2. The number of para-hydroxylation sites is 1. The van der Waals surface area contributed by atoms with Crippen molar-refractivity contribution in [3.05, 3.63) is 70.5 Å². The first-order chi connectivity index (χ1) is 11.0. The fourth-order valence-electron chi connectivity index (χ4n) is 2.49. The van der Waals surface area contributed by atoms with Crippen LogP contribution in [0.5, 0.6) is 0 Å². The Morgan fingerprint density at radius 1 is 1.13 bits per heavy atom. The molecule has 0 aliphatic carbocycles. The van der Waals surface area contributed by atoms with Gasteiger partial charge in [-0.15, -0.1) is 0 Å². The number of aromatic nitrogens is 2. The average Bonchev–Trinajstić information content (AvgIpc) is 2.87. The first-order valence-corrected chi connectivity index (χ1v) is 8.00. The largest absolute Gasteiger partial charge is 0.321 e. The molecule has 0 saturated heterocycles. The molecular weight excluding hydrogens is 354 g/mol. The number of halogens is 1. The summed E-state index contributed by atoms with van der Waals surface area (Å²) >= 11 is 3.44. The number of hydrogen-bond donors (Lipinski definition) is 1. The van der Waals surface area contributed by atoms with Gasteiger partial charge in [0.05, 0.1) is 11.3 Å². The number of rotatable bonds is 3. The van der Waals surface area contributed by atoms with Gasteiger partial charge in [0.25, 0.3) is 5.91 Å². The van der Waals surface area contributed by atoms with Crippen LogP contribution in [-0.4, -0.2) is 15.7 Å². The highest BCUT2D eigenvalue weighted by atomic mass is 79.9. The number of anilines is 1. The van der Waals surface area contributed by atoms with Gasteiger partial charge in [-0.2, -0.15) is 5.10 Å². The second-order valence-corrected chi connectivity index (χ2v) is 6.22. The maximum Gasteiger partial charge on any atom is 0.259 e. The predicted octanol–water partition coefficient (Wildman–Crippen LogP) is 4.41. The molecule has 0 bridgehead atoms. The molecule has 1 amide bonds. The molecular formula is C18H16BrN3O. The van der Waals surface area contributed by atoms with E-state index in [0.717, 1.165) is 21.3 Å². The molecule has 1 heterocycles. The third kappa shape index (κ3) is 3.35. The van der Waals surface area contributed by atoms with Crippen LogP contribution in [0.4, 0.5) is 5.69 Å². The Bertz CT molecular complexity index is 853. The SMILES string of the molecule is Cc1nn(C)cc1C(=O)Nc1ccccc1-c1ccc(Br)cc1. The predicted molar refractivity (Wildman–Crippen MR) is 95.5 cm³/mol. The van der Waals surface area contributed by atoms with E-state index in [-0.39, 0.29) is 5.91 Å². The van der Waals surface area contributed by atoms with E-state index in [9.17, 15) is 4.79 Å². The molecule has 3 aromatic rings. The number of benzene rings is 2. The lowest BCUT2D eigenvalue weighted by Gasteiger charge is -2.11. The summed E-state index contributed by atoms with van der Waals surface area (Å²) in [4.78, 5) is 12.5. The molecule has 0 aliphatic rings. The Morgan fingerprint density at radius 2 is 1.83 bits per heavy atom. The van der Waals surface area contributed by atoms with E-state index in [1.54, 1.807) is 17.9 Å². The van der Waals surface area contributed by atoms with Crippen molar-refractivity contribution in [2.45, 2.75) is 6.92 Å². The number of amides is 1. The molecule has 1 aromatic heterocycles. The summed E-state index contributed by atoms with van der Waals surface area (Å²) in [5.41, 5.74) is 4.11. The topological polar surface area (TPSA) is 46.9 Å². The summed E-state index contributed by atoms with van der Waals surface area (Å²) in [6.45, 7) is 1.83. The highest BCUT2D eigenvalue weighted by Crippen LogP contribution is 2.29. The molecule has 0 saturated carbocycles. The van der Waals surface area contributed by atoms with Crippen LogP contribution in [0.1, 0.15) is 16.1 Å². The Hall–Kier alpha value is -2.40. The highest BCUT2D eigenvalue weighted by Gasteiger charge is 2.14. The van der Waals surface area contributed by atoms with Crippen LogP contribution in [0.15, 0.2) is 59.2 Å². The van der Waals surface area contributed by atoms with E-state index < -0.39 is 0 Å². The summed E-state index contributed by atoms with van der Waals surface area (Å²) < 4.78 is 2.67. The molecule has 1 N–H and O–H groups in total. The number of carbonyl (C=O) groups excluding carboxylic acids is 1. The summed E-state index contributed by atoms with van der Waals surface area (Å²) in [6, 6.07) is 15.8. The molecule has 0 fully saturated rings. The van der Waals surface area contributed by atoms with Crippen LogP contribution in [0.25, 0.3) is 11.1 Å². The van der Waals surface area contributed by atoms with Gasteiger partial charge in [0, 0.05) is 29.0 Å². The minimum Gasteiger partial charge on any atom is -0.321 e. The molecule has 23 heavy (non-hydrogen) atoms. The van der Waals surface area contributed by atoms with E-state index in [1.807, 2.05) is 55.5 Å². The second-order valence-electron chi connectivity index (χ2n) is 5.31. The minimum absolute atomic E-state index is 0.153. The molecule has 5 heteroatoms. The van der Waals surface area contributed by atoms with Crippen molar-refractivity contribution in [2.75, 3.05) is 5.32 Å². The molecule has 0 spiro atoms. The van der Waals surface area contributed by atoms with Gasteiger partial charge in [0.15, 0.2) is 0 Å². The van der Waals surface area contributed by atoms with Crippen molar-refractivity contribution in [3.8, 4) is 11.1 Å². The van der Waals surface area contributed by atoms with Gasteiger partial charge in [0.1, 0.15) is 0 Å². The third-order valence-electron chi connectivity index (χ3n) is 3.59. The van der Waals surface area contributed by atoms with E-state index in [1.165, 1.54) is 0 Å². The minimum atomic E-state index is -0.153. The zero-order valence-electron chi connectivity index (χ0n) is 12.9. The first-order valence-electron chi connectivity index (χ1n) is 7.21. The maximum absolute atomic E-state index is 12.5. The van der Waals surface area contributed by atoms with Crippen molar-refractivity contribution in [1.29, 1.82) is 0 Å². The van der Waals surface area contributed by atoms with Gasteiger partial charge in [-0.25, -0.2) is 0 Å². The van der Waals surface area contributed by atoms with Gasteiger partial charge in [-0.3, -0.25) is 9.48 Å². The van der Waals surface area contributed by atoms with Gasteiger partial charge in [-0.1, -0.05) is 46.3 Å². The number of nitrogens with one attached hydrogen (secondary N) is 1. The smallest absolute Gasteiger partial charge is 0.259 e. The molecule has 2 aromatic carbocycles. The molecule has 116 valence electrons. The zero-order valence-corrected chi connectivity index (χ0v) is 14.5. The monoisotopic (exact) mass is 369 g/mol. The lowest BCUT2D eigenvalue weighted by molar-refractivity contribution is 0.102. The number of hydrogen-bond acceptors (Lipinski definition) is 2. The van der Waals surface area contributed by atoms with Crippen molar-refractivity contribution < 1.29 is 4.79 Å². The second kappa shape index (κ2) is 6.38. The molecule has 3 rings (SSSR count). The highest BCUT2D eigenvalue weighted by molar-refractivity contribution is 9.10. The quantitative estimate of drug-likeness (QED) is 0.742. The van der Waals surface area contributed by atoms with Gasteiger partial charge in [-0.05, 0) is 30.7 Å². The summed E-state index contributed by atoms with van der Waals surface area (Å²) in [6.07, 6.45) is 1.73. The number of aryl methyl sites for hydroxylation is 2. The number of carbonyl (C=O) groups is 1. The molecule has 0 atom stereocenters. The molecule has 0 radical (unpaired) electrons. The van der Waals surface area contributed by atoms with Gasteiger partial charge < -0.3 is 5.32 Å². The normalized spacial score (nSPS) is 10.6. The van der Waals surface area contributed by atoms with Crippen molar-refractivity contribution in [1.82, 2.24) is 9.78 Å². The average molecular weight is 370 g/mol. The Balaban J connectivity index is 1.93. The van der Waals surface area contributed by atoms with Crippen molar-refractivity contribution in [3.63, 3.8) is 0 Å². The van der Waals surface area contributed by atoms with Gasteiger partial charge >= 0.3 is 0 Å². The fourth-order valence-corrected chi connectivity index (χ4v) is 2.75. The van der Waals surface area contributed by atoms with Crippen molar-refractivity contribution >= 4 is 27.5 Å². The molecule has 0 aliphatic heterocycles. The van der Waals surface area contributed by atoms with Crippen LogP contribution >= 0.6 is 15.9 Å². The first kappa shape index (κ1) is 15.5. The van der Waals surface area contributed by atoms with E-state index in [0.29, 0.717) is 11.3 Å². The zero-order chi connectivity index (χ0) is 16.4. The van der Waals surface area contributed by atoms with E-state index in [4.69, 9.17) is 0 Å². The summed E-state index contributed by atoms with van der Waals surface area (Å²) in [5.74, 6) is -0.153. The molecule has 0 unspecified atom stereocenters. The standard InChI is InChI=1S/C18H16BrN3O/c1-12-16(11-22(2)21-12)18(23)20-17-6-4-3-5-15(17)13-7-9-14(19)10-8-13/h3-11H,1-2H3,(H,20,23). The van der Waals surface area contributed by atoms with E-state index >= 15 is 0 Å².